The van der Waals surface area contributed by atoms with E-state index in [0.717, 1.165) is 22.6 Å². The van der Waals surface area contributed by atoms with Crippen molar-refractivity contribution in [2.24, 2.45) is 5.41 Å². The SMILES string of the molecule is CC1(C)CC(=O)C2=C(C1)N(CCc1ccccc1)C(=O)[C@]2(NS(=O)(=O)c1ccc(Cl)cc1)C(F)(F)F. The first-order valence-corrected chi connectivity index (χ1v) is 13.0. The van der Waals surface area contributed by atoms with Crippen molar-refractivity contribution < 1.29 is 31.2 Å². The van der Waals surface area contributed by atoms with E-state index in [0.29, 0.717) is 0 Å². The van der Waals surface area contributed by atoms with E-state index >= 15 is 0 Å². The lowest BCUT2D eigenvalue weighted by Crippen LogP contribution is -2.66. The standard InChI is InChI=1S/C25H24ClF3N2O4S/c1-23(2)14-19-21(20(32)15-23)24(25(27,28)29,30-36(34,35)18-10-8-17(26)9-11-18)22(33)31(19)13-12-16-6-4-3-5-7-16/h3-11,30H,12-15H2,1-2H3/t24-/m0/s1. The van der Waals surface area contributed by atoms with Crippen molar-refractivity contribution in [3.8, 4) is 0 Å². The highest BCUT2D eigenvalue weighted by Crippen LogP contribution is 2.52. The summed E-state index contributed by atoms with van der Waals surface area (Å²) in [4.78, 5) is 27.3. The number of nitrogens with one attached hydrogen (secondary N) is 1. The maximum atomic E-state index is 14.9. The van der Waals surface area contributed by atoms with Crippen LogP contribution in [0.5, 0.6) is 0 Å². The number of hydrogen-bond donors (Lipinski definition) is 1. The van der Waals surface area contributed by atoms with E-state index in [4.69, 9.17) is 11.6 Å². The normalized spacial score (nSPS) is 22.2. The van der Waals surface area contributed by atoms with E-state index < -0.39 is 49.3 Å². The Morgan fingerprint density at radius 1 is 1.00 bits per heavy atom. The van der Waals surface area contributed by atoms with Crippen LogP contribution in [0.15, 0.2) is 70.8 Å². The summed E-state index contributed by atoms with van der Waals surface area (Å²) < 4.78 is 72.5. The van der Waals surface area contributed by atoms with Crippen LogP contribution >= 0.6 is 11.6 Å². The molecule has 1 aliphatic carbocycles. The first-order chi connectivity index (χ1) is 16.7. The van der Waals surface area contributed by atoms with Crippen molar-refractivity contribution in [3.63, 3.8) is 0 Å². The van der Waals surface area contributed by atoms with Crippen LogP contribution < -0.4 is 4.72 Å². The van der Waals surface area contributed by atoms with Gasteiger partial charge in [-0.3, -0.25) is 9.59 Å². The van der Waals surface area contributed by atoms with Gasteiger partial charge in [0.05, 0.1) is 10.5 Å². The summed E-state index contributed by atoms with van der Waals surface area (Å²) in [5.74, 6) is -2.44. The fraction of sp³-hybridized carbons (Fsp3) is 0.360. The molecule has 0 unspecified atom stereocenters. The Morgan fingerprint density at radius 3 is 2.19 bits per heavy atom. The van der Waals surface area contributed by atoms with E-state index in [2.05, 4.69) is 0 Å². The van der Waals surface area contributed by atoms with Crippen LogP contribution in [-0.4, -0.2) is 43.3 Å². The number of ketones is 1. The van der Waals surface area contributed by atoms with Gasteiger partial charge >= 0.3 is 6.18 Å². The number of rotatable bonds is 6. The summed E-state index contributed by atoms with van der Waals surface area (Å²) >= 11 is 5.79. The average molecular weight is 541 g/mol. The highest BCUT2D eigenvalue weighted by Gasteiger charge is 2.72. The van der Waals surface area contributed by atoms with Gasteiger partial charge < -0.3 is 4.90 Å². The second-order valence-corrected chi connectivity index (χ2v) is 11.9. The molecule has 1 atom stereocenters. The summed E-state index contributed by atoms with van der Waals surface area (Å²) in [7, 11) is -4.89. The molecule has 0 saturated carbocycles. The highest BCUT2D eigenvalue weighted by molar-refractivity contribution is 7.89. The van der Waals surface area contributed by atoms with Crippen LogP contribution in [0, 0.1) is 5.41 Å². The van der Waals surface area contributed by atoms with Gasteiger partial charge in [-0.1, -0.05) is 55.8 Å². The monoisotopic (exact) mass is 540 g/mol. The molecule has 11 heteroatoms. The summed E-state index contributed by atoms with van der Waals surface area (Å²) in [6, 6.07) is 13.3. The quantitative estimate of drug-likeness (QED) is 0.578. The first kappa shape index (κ1) is 26.4. The number of benzene rings is 2. The third-order valence-corrected chi connectivity index (χ3v) is 8.14. The molecule has 0 spiro atoms. The smallest absolute Gasteiger partial charge is 0.313 e. The Balaban J connectivity index is 1.85. The zero-order chi connectivity index (χ0) is 26.5. The molecule has 6 nitrogen and oxygen atoms in total. The number of allylic oxidation sites excluding steroid dienone is 1. The Bertz CT molecular complexity index is 1340. The molecule has 192 valence electrons. The lowest BCUT2D eigenvalue weighted by Gasteiger charge is -2.35. The molecule has 4 rings (SSSR count). The molecule has 2 aromatic carbocycles. The van der Waals surface area contributed by atoms with Crippen LogP contribution in [0.1, 0.15) is 32.3 Å². The molecule has 0 saturated heterocycles. The van der Waals surface area contributed by atoms with Gasteiger partial charge in [0.2, 0.25) is 15.6 Å². The predicted molar refractivity (Wildman–Crippen MR) is 127 cm³/mol. The molecule has 1 aliphatic heterocycles. The average Bonchev–Trinajstić information content (AvgIpc) is 3.00. The molecule has 1 amide bonds. The van der Waals surface area contributed by atoms with Crippen LogP contribution in [0.4, 0.5) is 13.2 Å². The minimum Gasteiger partial charge on any atom is -0.313 e. The van der Waals surface area contributed by atoms with Gasteiger partial charge in [-0.05, 0) is 48.1 Å². The molecule has 1 heterocycles. The predicted octanol–water partition coefficient (Wildman–Crippen LogP) is 4.65. The molecule has 1 N–H and O–H groups in total. The first-order valence-electron chi connectivity index (χ1n) is 11.2. The third kappa shape index (κ3) is 4.57. The third-order valence-electron chi connectivity index (χ3n) is 6.42. The van der Waals surface area contributed by atoms with E-state index in [1.165, 1.54) is 12.1 Å². The van der Waals surface area contributed by atoms with E-state index in [1.54, 1.807) is 48.9 Å². The summed E-state index contributed by atoms with van der Waals surface area (Å²) in [5, 5.41) is 0.179. The lowest BCUT2D eigenvalue weighted by molar-refractivity contribution is -0.188. The molecule has 36 heavy (non-hydrogen) atoms. The van der Waals surface area contributed by atoms with Crippen molar-refractivity contribution >= 4 is 33.3 Å². The number of hydrogen-bond acceptors (Lipinski definition) is 4. The molecule has 2 aliphatic rings. The number of sulfonamides is 1. The number of carbonyl (C=O) groups is 2. The minimum absolute atomic E-state index is 0.00903. The van der Waals surface area contributed by atoms with Crippen molar-refractivity contribution in [1.82, 2.24) is 9.62 Å². The van der Waals surface area contributed by atoms with Crippen LogP contribution in [0.25, 0.3) is 0 Å². The number of nitrogens with zero attached hydrogens (tertiary/aromatic N) is 1. The number of carbonyl (C=O) groups excluding carboxylic acids is 2. The van der Waals surface area contributed by atoms with Gasteiger partial charge in [-0.2, -0.15) is 17.9 Å². The summed E-state index contributed by atoms with van der Waals surface area (Å²) in [6.45, 7) is 3.30. The topological polar surface area (TPSA) is 83.6 Å². The number of alkyl halides is 3. The molecule has 0 aromatic heterocycles. The summed E-state index contributed by atoms with van der Waals surface area (Å²) in [5.41, 5.74) is -4.60. The van der Waals surface area contributed by atoms with Crippen LogP contribution in [-0.2, 0) is 26.0 Å². The van der Waals surface area contributed by atoms with Crippen molar-refractivity contribution in [2.75, 3.05) is 6.54 Å². The highest BCUT2D eigenvalue weighted by atomic mass is 35.5. The van der Waals surface area contributed by atoms with E-state index in [-0.39, 0.29) is 36.5 Å². The molecule has 0 bridgehead atoms. The van der Waals surface area contributed by atoms with Crippen molar-refractivity contribution in [3.05, 3.63) is 76.5 Å². The van der Waals surface area contributed by atoms with Gasteiger partial charge in [-0.25, -0.2) is 8.42 Å². The van der Waals surface area contributed by atoms with Gasteiger partial charge in [0.1, 0.15) is 0 Å². The van der Waals surface area contributed by atoms with Crippen molar-refractivity contribution in [1.29, 1.82) is 0 Å². The fourth-order valence-electron chi connectivity index (χ4n) is 4.79. The van der Waals surface area contributed by atoms with E-state index in [9.17, 15) is 31.2 Å². The fourth-order valence-corrected chi connectivity index (χ4v) is 6.23. The Labute approximate surface area is 212 Å². The van der Waals surface area contributed by atoms with Gasteiger partial charge in [-0.15, -0.1) is 0 Å². The molecule has 0 radical (unpaired) electrons. The second kappa shape index (κ2) is 9.00. The number of halogens is 4. The van der Waals surface area contributed by atoms with E-state index in [1.807, 2.05) is 0 Å². The molecular formula is C25H24ClF3N2O4S. The van der Waals surface area contributed by atoms with Crippen LogP contribution in [0.3, 0.4) is 0 Å². The minimum atomic E-state index is -5.43. The largest absolute Gasteiger partial charge is 0.421 e. The summed E-state index contributed by atoms with van der Waals surface area (Å²) in [6.07, 6.45) is -5.46. The van der Waals surface area contributed by atoms with Gasteiger partial charge in [0.15, 0.2) is 5.78 Å². The Morgan fingerprint density at radius 2 is 1.61 bits per heavy atom. The molecule has 2 aromatic rings. The zero-order valence-electron chi connectivity index (χ0n) is 19.5. The maximum absolute atomic E-state index is 14.9. The van der Waals surface area contributed by atoms with Crippen molar-refractivity contribution in [2.45, 2.75) is 49.7 Å². The van der Waals surface area contributed by atoms with Gasteiger partial charge in [0, 0.05) is 23.7 Å². The number of Topliss-reactive ketones (excluding diaryl/α,β-unsaturated/α-hetero) is 1. The maximum Gasteiger partial charge on any atom is 0.421 e. The zero-order valence-corrected chi connectivity index (χ0v) is 21.1. The Hall–Kier alpha value is -2.69. The lowest BCUT2D eigenvalue weighted by atomic mass is 9.72. The number of amides is 1. The molecule has 0 fully saturated rings. The van der Waals surface area contributed by atoms with Crippen LogP contribution in [0.2, 0.25) is 5.02 Å². The van der Waals surface area contributed by atoms with Gasteiger partial charge in [0.25, 0.3) is 5.91 Å². The Kier molecular flexibility index (Phi) is 6.60. The molecular weight excluding hydrogens is 517 g/mol. The second-order valence-electron chi connectivity index (χ2n) is 9.76.